The van der Waals surface area contributed by atoms with E-state index in [2.05, 4.69) is 52.4 Å². The topological polar surface area (TPSA) is 66.6 Å². The minimum atomic E-state index is 0.382. The molecule has 0 aliphatic carbocycles. The number of hydrogen-bond donors (Lipinski definition) is 2. The van der Waals surface area contributed by atoms with Crippen molar-refractivity contribution in [3.05, 3.63) is 89.5 Å². The summed E-state index contributed by atoms with van der Waals surface area (Å²) < 4.78 is 5.32. The van der Waals surface area contributed by atoms with Crippen LogP contribution in [0.25, 0.3) is 57.5 Å². The number of nitrogens with one attached hydrogen (secondary N) is 2. The van der Waals surface area contributed by atoms with E-state index in [0.29, 0.717) is 12.9 Å². The van der Waals surface area contributed by atoms with Crippen LogP contribution in [-0.4, -0.2) is 27.0 Å². The van der Waals surface area contributed by atoms with Crippen LogP contribution in [0.1, 0.15) is 22.8 Å². The van der Waals surface area contributed by atoms with Crippen molar-refractivity contribution < 1.29 is 17.6 Å². The molecule has 0 saturated heterocycles. The molecule has 2 aliphatic rings. The zero-order valence-corrected chi connectivity index (χ0v) is 21.1. The molecule has 0 amide bonds. The maximum absolute atomic E-state index is 5.32. The summed E-state index contributed by atoms with van der Waals surface area (Å²) in [6.45, 7) is 0. The molecule has 0 atom stereocenters. The Morgan fingerprint density at radius 3 is 1.71 bits per heavy atom. The van der Waals surface area contributed by atoms with Gasteiger partial charge in [-0.3, -0.25) is 0 Å². The molecule has 0 saturated carbocycles. The number of aromatic amines is 2. The maximum atomic E-state index is 5.32. The number of nitrogens with zero attached hydrogens (tertiary/aromatic N) is 2. The third-order valence-electron chi connectivity index (χ3n) is 5.57. The van der Waals surface area contributed by atoms with Crippen LogP contribution in [0.5, 0.6) is 5.75 Å². The molecule has 2 N–H and O–H groups in total. The summed E-state index contributed by atoms with van der Waals surface area (Å²) >= 11 is 0.382. The zero-order chi connectivity index (χ0) is 24.2. The second-order valence-corrected chi connectivity index (χ2v) is 9.58. The molecule has 8 heteroatoms. The van der Waals surface area contributed by atoms with Gasteiger partial charge in [0.25, 0.3) is 0 Å². The van der Waals surface area contributed by atoms with Crippen molar-refractivity contribution in [2.24, 2.45) is 0 Å². The summed E-state index contributed by atoms with van der Waals surface area (Å²) in [5.74, 6) is 0.835. The number of halogens is 2. The molecular formula is C27H20Cl2CoN4O. The molecule has 0 fully saturated rings. The molecule has 8 bridgehead atoms. The van der Waals surface area contributed by atoms with Gasteiger partial charge in [-0.2, -0.15) is 0 Å². The van der Waals surface area contributed by atoms with Gasteiger partial charge in [0.05, 0.1) is 29.9 Å². The molecule has 35 heavy (non-hydrogen) atoms. The van der Waals surface area contributed by atoms with Gasteiger partial charge < -0.3 is 14.7 Å². The van der Waals surface area contributed by atoms with E-state index in [1.807, 2.05) is 48.6 Å². The van der Waals surface area contributed by atoms with Crippen LogP contribution in [0.3, 0.4) is 0 Å². The van der Waals surface area contributed by atoms with E-state index in [1.54, 1.807) is 7.11 Å². The Labute approximate surface area is 217 Å². The van der Waals surface area contributed by atoms with Crippen LogP contribution in [0.4, 0.5) is 0 Å². The van der Waals surface area contributed by atoms with E-state index in [-0.39, 0.29) is 0 Å². The van der Waals surface area contributed by atoms with Crippen molar-refractivity contribution in [2.75, 3.05) is 7.11 Å². The van der Waals surface area contributed by atoms with E-state index >= 15 is 0 Å². The molecule has 1 aromatic carbocycles. The third kappa shape index (κ3) is 5.52. The molecular weight excluding hydrogens is 526 g/mol. The Morgan fingerprint density at radius 1 is 0.657 bits per heavy atom. The predicted octanol–water partition coefficient (Wildman–Crippen LogP) is 7.71. The number of methoxy groups -OCH3 is 1. The van der Waals surface area contributed by atoms with Gasteiger partial charge in [-0.05, 0) is 84.5 Å². The molecule has 0 unspecified atom stereocenters. The Balaban J connectivity index is 0.000000806. The van der Waals surface area contributed by atoms with Crippen molar-refractivity contribution in [1.29, 1.82) is 0 Å². The first-order chi connectivity index (χ1) is 17.1. The number of hydrogen-bond acceptors (Lipinski definition) is 3. The van der Waals surface area contributed by atoms with Gasteiger partial charge in [0.15, 0.2) is 0 Å². The molecule has 3 aromatic heterocycles. The van der Waals surface area contributed by atoms with Gasteiger partial charge in [0.1, 0.15) is 5.75 Å². The van der Waals surface area contributed by atoms with Gasteiger partial charge in [0, 0.05) is 27.6 Å². The SMILES string of the molecule is COc1ccc(-c2cc3cc4nc(cc5ccc(cc6nc(cc2[nH]3)C=C6)[nH]5)C=C4)cc1.[Cl][Co][Cl]. The number of ether oxygens (including phenoxy) is 1. The monoisotopic (exact) mass is 545 g/mol. The fraction of sp³-hybridized carbons (Fsp3) is 0.0370. The van der Waals surface area contributed by atoms with Gasteiger partial charge in [-0.25, -0.2) is 9.97 Å². The van der Waals surface area contributed by atoms with Crippen molar-refractivity contribution in [1.82, 2.24) is 19.9 Å². The Kier molecular flexibility index (Phi) is 7.06. The zero-order valence-electron chi connectivity index (χ0n) is 18.6. The predicted molar refractivity (Wildman–Crippen MR) is 143 cm³/mol. The average Bonchev–Trinajstić information content (AvgIpc) is 3.65. The minimum absolute atomic E-state index is 0.382. The van der Waals surface area contributed by atoms with Crippen LogP contribution in [-0.2, 0) is 12.9 Å². The molecule has 4 aromatic rings. The normalized spacial score (nSPS) is 11.9. The Bertz CT molecular complexity index is 1590. The molecule has 0 radical (unpaired) electrons. The van der Waals surface area contributed by atoms with E-state index in [9.17, 15) is 0 Å². The van der Waals surface area contributed by atoms with Crippen molar-refractivity contribution in [3.8, 4) is 16.9 Å². The third-order valence-corrected chi connectivity index (χ3v) is 5.57. The Hall–Kier alpha value is -3.29. The number of rotatable bonds is 2. The standard InChI is InChI=1S/C27H20N4O.2ClH.Co/c1-32-25-10-2-17(3-11-25)26-15-24-14-22-7-6-20(29-22)12-18-4-5-19(28-18)13-21-8-9-23(30-21)16-27(26)31-24;;;/h2-16,28,31H,1H3;2*1H;/q;;;+2/p-2. The summed E-state index contributed by atoms with van der Waals surface area (Å²) in [5, 5.41) is 0. The van der Waals surface area contributed by atoms with Crippen LogP contribution >= 0.6 is 20.3 Å². The second-order valence-electron chi connectivity index (χ2n) is 7.86. The molecule has 177 valence electrons. The van der Waals surface area contributed by atoms with Crippen molar-refractivity contribution >= 4 is 66.7 Å². The first kappa shape index (κ1) is 23.4. The summed E-state index contributed by atoms with van der Waals surface area (Å²) in [6, 6.07) is 22.6. The fourth-order valence-corrected chi connectivity index (χ4v) is 4.03. The first-order valence-electron chi connectivity index (χ1n) is 10.7. The van der Waals surface area contributed by atoms with Crippen LogP contribution in [0.15, 0.2) is 66.7 Å². The number of fused-ring (bicyclic) bond motifs is 8. The van der Waals surface area contributed by atoms with E-state index in [1.165, 1.54) is 0 Å². The van der Waals surface area contributed by atoms with Crippen LogP contribution in [0.2, 0.25) is 0 Å². The van der Waals surface area contributed by atoms with E-state index in [4.69, 9.17) is 35.0 Å². The van der Waals surface area contributed by atoms with Gasteiger partial charge in [-0.15, -0.1) is 0 Å². The van der Waals surface area contributed by atoms with E-state index < -0.39 is 0 Å². The summed E-state index contributed by atoms with van der Waals surface area (Å²) in [7, 11) is 11.1. The molecule has 6 rings (SSSR count). The number of H-pyrrole nitrogens is 2. The fourth-order valence-electron chi connectivity index (χ4n) is 4.03. The van der Waals surface area contributed by atoms with Gasteiger partial charge in [-0.1, -0.05) is 12.1 Å². The number of benzene rings is 1. The quantitative estimate of drug-likeness (QED) is 0.234. The average molecular weight is 546 g/mol. The molecule has 5 nitrogen and oxygen atoms in total. The van der Waals surface area contributed by atoms with Gasteiger partial charge in [0.2, 0.25) is 0 Å². The molecule has 2 aliphatic heterocycles. The second kappa shape index (κ2) is 10.5. The van der Waals surface area contributed by atoms with Crippen LogP contribution < -0.4 is 4.74 Å². The Morgan fingerprint density at radius 2 is 1.17 bits per heavy atom. The van der Waals surface area contributed by atoms with Gasteiger partial charge >= 0.3 is 33.2 Å². The van der Waals surface area contributed by atoms with Crippen LogP contribution in [0, 0.1) is 0 Å². The summed E-state index contributed by atoms with van der Waals surface area (Å²) in [5.41, 5.74) is 9.84. The number of aromatic nitrogens is 4. The van der Waals surface area contributed by atoms with Crippen molar-refractivity contribution in [2.45, 2.75) is 0 Å². The molecule has 5 heterocycles. The first-order valence-corrected chi connectivity index (χ1v) is 13.6. The summed E-state index contributed by atoms with van der Waals surface area (Å²) in [4.78, 5) is 16.5. The van der Waals surface area contributed by atoms with Crippen molar-refractivity contribution in [3.63, 3.8) is 0 Å². The van der Waals surface area contributed by atoms with E-state index in [0.717, 1.165) is 61.7 Å². The summed E-state index contributed by atoms with van der Waals surface area (Å²) in [6.07, 6.45) is 8.12. The molecule has 0 spiro atoms.